The Hall–Kier alpha value is -1.36. The van der Waals surface area contributed by atoms with Gasteiger partial charge in [-0.05, 0) is 25.3 Å². The summed E-state index contributed by atoms with van der Waals surface area (Å²) in [6.45, 7) is 2.70. The zero-order chi connectivity index (χ0) is 12.4. The molecule has 2 aliphatic rings. The molecule has 18 heavy (non-hydrogen) atoms. The summed E-state index contributed by atoms with van der Waals surface area (Å²) in [4.78, 5) is 14.0. The molecular formula is C13H20N4O. The first-order valence-corrected chi connectivity index (χ1v) is 6.85. The number of hydrogen-bond donors (Lipinski definition) is 1. The molecule has 0 bridgehead atoms. The van der Waals surface area contributed by atoms with Crippen molar-refractivity contribution in [3.05, 3.63) is 18.5 Å². The van der Waals surface area contributed by atoms with Gasteiger partial charge in [-0.2, -0.15) is 5.10 Å². The van der Waals surface area contributed by atoms with Gasteiger partial charge >= 0.3 is 0 Å². The van der Waals surface area contributed by atoms with E-state index in [-0.39, 0.29) is 0 Å². The van der Waals surface area contributed by atoms with Crippen molar-refractivity contribution >= 4 is 5.91 Å². The van der Waals surface area contributed by atoms with Crippen LogP contribution in [0.25, 0.3) is 0 Å². The third-order valence-electron chi connectivity index (χ3n) is 4.04. The van der Waals surface area contributed by atoms with Gasteiger partial charge in [0.15, 0.2) is 0 Å². The van der Waals surface area contributed by atoms with Crippen LogP contribution in [-0.2, 0) is 11.3 Å². The van der Waals surface area contributed by atoms with Crippen LogP contribution in [0.5, 0.6) is 0 Å². The summed E-state index contributed by atoms with van der Waals surface area (Å²) in [5, 5.41) is 7.70. The first-order chi connectivity index (χ1) is 8.84. The lowest BCUT2D eigenvalue weighted by molar-refractivity contribution is -0.129. The number of fused-ring (bicyclic) bond motifs is 1. The minimum absolute atomic E-state index is 0.330. The molecule has 5 heteroatoms. The van der Waals surface area contributed by atoms with Gasteiger partial charge in [-0.25, -0.2) is 0 Å². The first kappa shape index (κ1) is 11.7. The third-order valence-corrected chi connectivity index (χ3v) is 4.04. The van der Waals surface area contributed by atoms with Crippen LogP contribution in [0.3, 0.4) is 0 Å². The van der Waals surface area contributed by atoms with Gasteiger partial charge in [0.2, 0.25) is 5.91 Å². The Balaban J connectivity index is 1.52. The maximum absolute atomic E-state index is 11.9. The Bertz CT molecular complexity index is 403. The topological polar surface area (TPSA) is 50.2 Å². The molecule has 0 spiro atoms. The minimum atomic E-state index is 0.330. The van der Waals surface area contributed by atoms with Crippen molar-refractivity contribution in [1.29, 1.82) is 0 Å². The molecule has 5 nitrogen and oxygen atoms in total. The van der Waals surface area contributed by atoms with Crippen molar-refractivity contribution in [2.45, 2.75) is 44.3 Å². The van der Waals surface area contributed by atoms with Crippen LogP contribution in [0.4, 0.5) is 0 Å². The molecule has 2 fully saturated rings. The highest BCUT2D eigenvalue weighted by Gasteiger charge is 2.40. The van der Waals surface area contributed by atoms with Gasteiger partial charge in [0.1, 0.15) is 0 Å². The number of rotatable bonds is 4. The predicted molar refractivity (Wildman–Crippen MR) is 68.0 cm³/mol. The second kappa shape index (κ2) is 5.10. The molecule has 1 amide bonds. The number of amides is 1. The van der Waals surface area contributed by atoms with E-state index in [1.165, 1.54) is 12.8 Å². The number of nitrogens with zero attached hydrogens (tertiary/aromatic N) is 3. The smallest absolute Gasteiger partial charge is 0.224 e. The van der Waals surface area contributed by atoms with E-state index >= 15 is 0 Å². The molecule has 1 aromatic rings. The summed E-state index contributed by atoms with van der Waals surface area (Å²) in [5.74, 6) is 0.330. The molecule has 0 aliphatic carbocycles. The lowest BCUT2D eigenvalue weighted by Crippen LogP contribution is -2.46. The third kappa shape index (κ3) is 2.27. The quantitative estimate of drug-likeness (QED) is 0.850. The van der Waals surface area contributed by atoms with Crippen molar-refractivity contribution in [3.63, 3.8) is 0 Å². The van der Waals surface area contributed by atoms with Crippen molar-refractivity contribution < 1.29 is 4.79 Å². The van der Waals surface area contributed by atoms with Crippen molar-refractivity contribution in [1.82, 2.24) is 20.0 Å². The van der Waals surface area contributed by atoms with Crippen molar-refractivity contribution in [2.24, 2.45) is 0 Å². The maximum Gasteiger partial charge on any atom is 0.224 e. The average molecular weight is 248 g/mol. The molecule has 0 aromatic carbocycles. The Labute approximate surface area is 107 Å². The van der Waals surface area contributed by atoms with Crippen LogP contribution in [0.2, 0.25) is 0 Å². The van der Waals surface area contributed by atoms with Crippen molar-refractivity contribution in [3.8, 4) is 0 Å². The van der Waals surface area contributed by atoms with Gasteiger partial charge in [-0.15, -0.1) is 0 Å². The second-order valence-electron chi connectivity index (χ2n) is 5.18. The van der Waals surface area contributed by atoms with Gasteiger partial charge in [0.25, 0.3) is 0 Å². The summed E-state index contributed by atoms with van der Waals surface area (Å²) in [5.41, 5.74) is 0. The molecule has 2 saturated heterocycles. The summed E-state index contributed by atoms with van der Waals surface area (Å²) in [6, 6.07) is 2.71. The number of piperidine rings is 1. The fourth-order valence-corrected chi connectivity index (χ4v) is 3.13. The van der Waals surface area contributed by atoms with Crippen molar-refractivity contribution in [2.75, 3.05) is 13.1 Å². The monoisotopic (exact) mass is 248 g/mol. The zero-order valence-electron chi connectivity index (χ0n) is 10.6. The van der Waals surface area contributed by atoms with Gasteiger partial charge < -0.3 is 10.2 Å². The lowest BCUT2D eigenvalue weighted by Gasteiger charge is -2.32. The lowest BCUT2D eigenvalue weighted by atomic mass is 9.99. The number of hydrogen-bond acceptors (Lipinski definition) is 3. The van der Waals surface area contributed by atoms with E-state index in [0.717, 1.165) is 26.1 Å². The number of nitrogens with one attached hydrogen (secondary N) is 1. The SMILES string of the molecule is O=C1CC(NCCn2cccn2)C2CCCCN12. The molecule has 1 aromatic heterocycles. The molecule has 3 heterocycles. The number of carbonyl (C=O) groups is 1. The second-order valence-corrected chi connectivity index (χ2v) is 5.18. The molecular weight excluding hydrogens is 228 g/mol. The predicted octanol–water partition coefficient (Wildman–Crippen LogP) is 0.626. The highest BCUT2D eigenvalue weighted by molar-refractivity contribution is 5.80. The molecule has 2 atom stereocenters. The van der Waals surface area contributed by atoms with Crippen LogP contribution in [0, 0.1) is 0 Å². The van der Waals surface area contributed by atoms with Gasteiger partial charge in [-0.1, -0.05) is 0 Å². The molecule has 1 N–H and O–H groups in total. The van der Waals surface area contributed by atoms with Gasteiger partial charge in [-0.3, -0.25) is 9.48 Å². The molecule has 0 saturated carbocycles. The molecule has 2 aliphatic heterocycles. The molecule has 2 unspecified atom stereocenters. The van der Waals surface area contributed by atoms with E-state index < -0.39 is 0 Å². The summed E-state index contributed by atoms with van der Waals surface area (Å²) >= 11 is 0. The normalized spacial score (nSPS) is 27.6. The van der Waals surface area contributed by atoms with Gasteiger partial charge in [0.05, 0.1) is 6.54 Å². The fraction of sp³-hybridized carbons (Fsp3) is 0.692. The zero-order valence-corrected chi connectivity index (χ0v) is 10.6. The summed E-state index contributed by atoms with van der Waals surface area (Å²) in [7, 11) is 0. The van der Waals surface area contributed by atoms with Gasteiger partial charge in [0, 0.05) is 44.0 Å². The van der Waals surface area contributed by atoms with E-state index in [4.69, 9.17) is 0 Å². The van der Waals surface area contributed by atoms with Crippen LogP contribution in [0.15, 0.2) is 18.5 Å². The largest absolute Gasteiger partial charge is 0.338 e. The highest BCUT2D eigenvalue weighted by Crippen LogP contribution is 2.27. The highest BCUT2D eigenvalue weighted by atomic mass is 16.2. The van der Waals surface area contributed by atoms with E-state index in [9.17, 15) is 4.79 Å². The molecule has 98 valence electrons. The van der Waals surface area contributed by atoms with E-state index in [0.29, 0.717) is 24.4 Å². The standard InChI is InChI=1S/C13H20N4O/c18-13-10-11(12-4-1-2-8-17(12)13)14-6-9-16-7-3-5-15-16/h3,5,7,11-12,14H,1-2,4,6,8-10H2. The van der Waals surface area contributed by atoms with E-state index in [1.54, 1.807) is 6.20 Å². The van der Waals surface area contributed by atoms with Crippen LogP contribution in [0.1, 0.15) is 25.7 Å². The molecule has 0 radical (unpaired) electrons. The van der Waals surface area contributed by atoms with E-state index in [1.807, 2.05) is 16.9 Å². The fourth-order valence-electron chi connectivity index (χ4n) is 3.13. The minimum Gasteiger partial charge on any atom is -0.338 e. The Morgan fingerprint density at radius 1 is 1.44 bits per heavy atom. The van der Waals surface area contributed by atoms with Crippen LogP contribution >= 0.6 is 0 Å². The number of carbonyl (C=O) groups excluding carboxylic acids is 1. The first-order valence-electron chi connectivity index (χ1n) is 6.85. The maximum atomic E-state index is 11.9. The summed E-state index contributed by atoms with van der Waals surface area (Å²) in [6.07, 6.45) is 8.01. The Morgan fingerprint density at radius 2 is 2.39 bits per heavy atom. The average Bonchev–Trinajstić information content (AvgIpc) is 3.00. The summed E-state index contributed by atoms with van der Waals surface area (Å²) < 4.78 is 1.92. The van der Waals surface area contributed by atoms with E-state index in [2.05, 4.69) is 15.3 Å². The Kier molecular flexibility index (Phi) is 3.32. The Morgan fingerprint density at radius 3 is 3.22 bits per heavy atom. The van der Waals surface area contributed by atoms with Crippen LogP contribution in [-0.4, -0.2) is 45.8 Å². The number of aromatic nitrogens is 2. The van der Waals surface area contributed by atoms with Crippen LogP contribution < -0.4 is 5.32 Å². The molecule has 3 rings (SSSR count).